The van der Waals surface area contributed by atoms with E-state index in [9.17, 15) is 9.59 Å². The van der Waals surface area contributed by atoms with E-state index >= 15 is 0 Å². The van der Waals surface area contributed by atoms with Gasteiger partial charge in [-0.3, -0.25) is 9.59 Å². The van der Waals surface area contributed by atoms with Crippen molar-refractivity contribution in [2.24, 2.45) is 0 Å². The third-order valence-electron chi connectivity index (χ3n) is 3.64. The predicted octanol–water partition coefficient (Wildman–Crippen LogP) is 4.32. The number of rotatable bonds is 6. The molecule has 0 aliphatic rings. The fourth-order valence-electron chi connectivity index (χ4n) is 2.37. The first-order chi connectivity index (χ1) is 11.5. The lowest BCUT2D eigenvalue weighted by molar-refractivity contribution is -0.149. The molecule has 1 atom stereocenters. The first-order valence-electron chi connectivity index (χ1n) is 7.79. The quantitative estimate of drug-likeness (QED) is 0.793. The lowest BCUT2D eigenvalue weighted by Gasteiger charge is -2.14. The van der Waals surface area contributed by atoms with Gasteiger partial charge in [0.1, 0.15) is 0 Å². The molecule has 126 valence electrons. The van der Waals surface area contributed by atoms with Crippen molar-refractivity contribution >= 4 is 29.2 Å². The van der Waals surface area contributed by atoms with Gasteiger partial charge >= 0.3 is 5.97 Å². The summed E-state index contributed by atoms with van der Waals surface area (Å²) < 4.78 is 5.15. The third-order valence-corrected chi connectivity index (χ3v) is 3.95. The van der Waals surface area contributed by atoms with E-state index in [0.717, 1.165) is 11.1 Å². The summed E-state index contributed by atoms with van der Waals surface area (Å²) in [5, 5.41) is 3.09. The van der Waals surface area contributed by atoms with Crippen LogP contribution in [-0.4, -0.2) is 18.5 Å². The Hall–Kier alpha value is -2.33. The Balaban J connectivity index is 1.92. The average Bonchev–Trinajstić information content (AvgIpc) is 2.57. The van der Waals surface area contributed by atoms with E-state index in [2.05, 4.69) is 5.32 Å². The number of aryl methyl sites for hydroxylation is 1. The van der Waals surface area contributed by atoms with Gasteiger partial charge in [0.2, 0.25) is 0 Å². The zero-order valence-electron chi connectivity index (χ0n) is 13.7. The van der Waals surface area contributed by atoms with Crippen LogP contribution in [0.2, 0.25) is 5.02 Å². The van der Waals surface area contributed by atoms with Gasteiger partial charge in [0, 0.05) is 0 Å². The molecule has 0 bridgehead atoms. The summed E-state index contributed by atoms with van der Waals surface area (Å²) in [5.74, 6) is -1.20. The highest BCUT2D eigenvalue weighted by Gasteiger charge is 2.21. The molecule has 0 aliphatic carbocycles. The number of halogens is 1. The molecule has 0 heterocycles. The summed E-state index contributed by atoms with van der Waals surface area (Å²) >= 11 is 6.07. The van der Waals surface area contributed by atoms with E-state index in [4.69, 9.17) is 16.3 Å². The topological polar surface area (TPSA) is 55.4 Å². The van der Waals surface area contributed by atoms with Crippen LogP contribution in [0.3, 0.4) is 0 Å². The molecule has 1 amide bonds. The van der Waals surface area contributed by atoms with Gasteiger partial charge in [0.25, 0.3) is 5.91 Å². The van der Waals surface area contributed by atoms with Gasteiger partial charge in [0.15, 0.2) is 6.61 Å². The molecule has 2 rings (SSSR count). The van der Waals surface area contributed by atoms with E-state index in [1.165, 1.54) is 0 Å². The van der Waals surface area contributed by atoms with Crippen LogP contribution < -0.4 is 5.32 Å². The van der Waals surface area contributed by atoms with Crippen LogP contribution in [-0.2, 0) is 14.3 Å². The largest absolute Gasteiger partial charge is 0.455 e. The van der Waals surface area contributed by atoms with E-state index in [1.54, 1.807) is 12.1 Å². The SMILES string of the molecule is CC[C@H](C(=O)OCC(=O)Nc1ccc(C)cc1Cl)c1ccccc1. The van der Waals surface area contributed by atoms with E-state index in [1.807, 2.05) is 50.2 Å². The minimum atomic E-state index is -0.419. The van der Waals surface area contributed by atoms with E-state index in [-0.39, 0.29) is 12.5 Å². The number of benzene rings is 2. The van der Waals surface area contributed by atoms with Gasteiger partial charge in [-0.2, -0.15) is 0 Å². The number of ether oxygens (including phenoxy) is 1. The summed E-state index contributed by atoms with van der Waals surface area (Å²) in [4.78, 5) is 24.2. The highest BCUT2D eigenvalue weighted by Crippen LogP contribution is 2.23. The van der Waals surface area contributed by atoms with Crippen molar-refractivity contribution < 1.29 is 14.3 Å². The molecule has 0 saturated heterocycles. The Morgan fingerprint density at radius 2 is 1.88 bits per heavy atom. The molecule has 0 radical (unpaired) electrons. The zero-order chi connectivity index (χ0) is 17.5. The van der Waals surface area contributed by atoms with Crippen molar-refractivity contribution in [3.05, 3.63) is 64.7 Å². The summed E-state index contributed by atoms with van der Waals surface area (Å²) in [5.41, 5.74) is 2.38. The van der Waals surface area contributed by atoms with Crippen LogP contribution in [0.4, 0.5) is 5.69 Å². The fraction of sp³-hybridized carbons (Fsp3) is 0.263. The number of esters is 1. The van der Waals surface area contributed by atoms with Gasteiger partial charge < -0.3 is 10.1 Å². The normalized spacial score (nSPS) is 11.6. The van der Waals surface area contributed by atoms with E-state index < -0.39 is 11.9 Å². The first kappa shape index (κ1) is 18.0. The Labute approximate surface area is 146 Å². The van der Waals surface area contributed by atoms with Crippen LogP contribution >= 0.6 is 11.6 Å². The molecule has 1 N–H and O–H groups in total. The molecule has 5 heteroatoms. The first-order valence-corrected chi connectivity index (χ1v) is 8.16. The number of carbonyl (C=O) groups excluding carboxylic acids is 2. The number of nitrogens with one attached hydrogen (secondary N) is 1. The maximum absolute atomic E-state index is 12.2. The predicted molar refractivity (Wildman–Crippen MR) is 95.3 cm³/mol. The molecule has 2 aromatic carbocycles. The fourth-order valence-corrected chi connectivity index (χ4v) is 2.65. The average molecular weight is 346 g/mol. The number of carbonyl (C=O) groups is 2. The number of hydrogen-bond donors (Lipinski definition) is 1. The molecule has 0 saturated carbocycles. The standard InChI is InChI=1S/C19H20ClNO3/c1-3-15(14-7-5-4-6-8-14)19(23)24-12-18(22)21-17-10-9-13(2)11-16(17)20/h4-11,15H,3,12H2,1-2H3,(H,21,22)/t15-/m0/s1. The molecule has 0 aliphatic heterocycles. The van der Waals surface area contributed by atoms with Crippen LogP contribution in [0.25, 0.3) is 0 Å². The van der Waals surface area contributed by atoms with Crippen LogP contribution in [0, 0.1) is 6.92 Å². The smallest absolute Gasteiger partial charge is 0.313 e. The zero-order valence-corrected chi connectivity index (χ0v) is 14.5. The molecule has 2 aromatic rings. The molecule has 0 spiro atoms. The van der Waals surface area contributed by atoms with Crippen molar-refractivity contribution in [2.75, 3.05) is 11.9 Å². The Kier molecular flexibility index (Phi) is 6.38. The summed E-state index contributed by atoms with van der Waals surface area (Å²) in [6.45, 7) is 3.48. The molecular formula is C19H20ClNO3. The number of hydrogen-bond acceptors (Lipinski definition) is 3. The molecule has 0 fully saturated rings. The maximum Gasteiger partial charge on any atom is 0.313 e. The molecule has 4 nitrogen and oxygen atoms in total. The van der Waals surface area contributed by atoms with Gasteiger partial charge in [0.05, 0.1) is 16.6 Å². The number of amides is 1. The highest BCUT2D eigenvalue weighted by atomic mass is 35.5. The summed E-state index contributed by atoms with van der Waals surface area (Å²) in [7, 11) is 0. The minimum absolute atomic E-state index is 0.341. The van der Waals surface area contributed by atoms with Crippen LogP contribution in [0.1, 0.15) is 30.4 Å². The van der Waals surface area contributed by atoms with Crippen LogP contribution in [0.5, 0.6) is 0 Å². The van der Waals surface area contributed by atoms with Gasteiger partial charge in [-0.1, -0.05) is 54.9 Å². The highest BCUT2D eigenvalue weighted by molar-refractivity contribution is 6.33. The molecule has 24 heavy (non-hydrogen) atoms. The van der Waals surface area contributed by atoms with Crippen molar-refractivity contribution in [1.82, 2.24) is 0 Å². The van der Waals surface area contributed by atoms with E-state index in [0.29, 0.717) is 17.1 Å². The lowest BCUT2D eigenvalue weighted by atomic mass is 9.97. The van der Waals surface area contributed by atoms with Gasteiger partial charge in [-0.25, -0.2) is 0 Å². The van der Waals surface area contributed by atoms with Crippen molar-refractivity contribution in [2.45, 2.75) is 26.2 Å². The second-order valence-electron chi connectivity index (χ2n) is 5.51. The molecule has 0 aromatic heterocycles. The molecule has 0 unspecified atom stereocenters. The van der Waals surface area contributed by atoms with Crippen molar-refractivity contribution in [3.63, 3.8) is 0 Å². The van der Waals surface area contributed by atoms with Gasteiger partial charge in [-0.15, -0.1) is 0 Å². The Morgan fingerprint density at radius 1 is 1.17 bits per heavy atom. The second-order valence-corrected chi connectivity index (χ2v) is 5.92. The maximum atomic E-state index is 12.2. The monoisotopic (exact) mass is 345 g/mol. The molecular weight excluding hydrogens is 326 g/mol. The van der Waals surface area contributed by atoms with Crippen molar-refractivity contribution in [3.8, 4) is 0 Å². The summed E-state index contributed by atoms with van der Waals surface area (Å²) in [6, 6.07) is 14.7. The second kappa shape index (κ2) is 8.50. The van der Waals surface area contributed by atoms with Gasteiger partial charge in [-0.05, 0) is 36.6 Å². The van der Waals surface area contributed by atoms with Crippen molar-refractivity contribution in [1.29, 1.82) is 0 Å². The summed E-state index contributed by atoms with van der Waals surface area (Å²) in [6.07, 6.45) is 0.605. The number of anilines is 1. The third kappa shape index (κ3) is 4.83. The Bertz CT molecular complexity index is 716. The lowest BCUT2D eigenvalue weighted by Crippen LogP contribution is -2.24. The Morgan fingerprint density at radius 3 is 2.50 bits per heavy atom. The minimum Gasteiger partial charge on any atom is -0.455 e. The van der Waals surface area contributed by atoms with Crippen LogP contribution in [0.15, 0.2) is 48.5 Å².